The first-order valence-corrected chi connectivity index (χ1v) is 9.63. The van der Waals surface area contributed by atoms with Crippen LogP contribution in [0.3, 0.4) is 0 Å². The summed E-state index contributed by atoms with van der Waals surface area (Å²) in [7, 11) is 1.56. The number of alkyl halides is 3. The molecular formula is C22H20F3N5O. The molecule has 2 aromatic heterocycles. The second kappa shape index (κ2) is 8.25. The molecule has 0 bridgehead atoms. The quantitative estimate of drug-likeness (QED) is 0.468. The van der Waals surface area contributed by atoms with E-state index in [4.69, 9.17) is 0 Å². The lowest BCUT2D eigenvalue weighted by Crippen LogP contribution is -2.31. The highest BCUT2D eigenvalue weighted by molar-refractivity contribution is 5.81. The van der Waals surface area contributed by atoms with Crippen molar-refractivity contribution in [1.29, 1.82) is 0 Å². The number of amides is 1. The highest BCUT2D eigenvalue weighted by atomic mass is 19.4. The van der Waals surface area contributed by atoms with Gasteiger partial charge in [0.1, 0.15) is 6.54 Å². The molecule has 1 amide bonds. The molecule has 6 nitrogen and oxygen atoms in total. The fourth-order valence-electron chi connectivity index (χ4n) is 3.41. The second-order valence-electron chi connectivity index (χ2n) is 7.29. The fourth-order valence-corrected chi connectivity index (χ4v) is 3.41. The molecule has 2 aromatic carbocycles. The number of likely N-dealkylation sites (N-methyl/N-ethyl adjacent to an activating group) is 1. The first-order chi connectivity index (χ1) is 14.8. The molecule has 0 saturated carbocycles. The van der Waals surface area contributed by atoms with Crippen LogP contribution < -0.4 is 0 Å². The molecule has 0 aliphatic heterocycles. The Hall–Kier alpha value is -3.62. The van der Waals surface area contributed by atoms with E-state index >= 15 is 0 Å². The van der Waals surface area contributed by atoms with E-state index in [9.17, 15) is 18.0 Å². The minimum atomic E-state index is -4.66. The lowest BCUT2D eigenvalue weighted by Gasteiger charge is -2.18. The summed E-state index contributed by atoms with van der Waals surface area (Å²) in [6.07, 6.45) is -1.18. The Morgan fingerprint density at radius 3 is 2.48 bits per heavy atom. The molecule has 0 atom stereocenters. The normalized spacial score (nSPS) is 11.7. The van der Waals surface area contributed by atoms with Gasteiger partial charge in [-0.1, -0.05) is 42.5 Å². The van der Waals surface area contributed by atoms with E-state index in [1.165, 1.54) is 17.0 Å². The molecule has 0 fully saturated rings. The summed E-state index contributed by atoms with van der Waals surface area (Å²) in [6, 6.07) is 16.1. The number of para-hydroxylation sites is 2. The van der Waals surface area contributed by atoms with Gasteiger partial charge in [-0.3, -0.25) is 9.48 Å². The first kappa shape index (κ1) is 20.6. The molecule has 0 N–H and O–H groups in total. The van der Waals surface area contributed by atoms with Crippen molar-refractivity contribution in [3.8, 4) is 0 Å². The van der Waals surface area contributed by atoms with Crippen LogP contribution in [0.15, 0.2) is 67.0 Å². The molecular weight excluding hydrogens is 407 g/mol. The maximum Gasteiger partial charge on any atom is 0.449 e. The third kappa shape index (κ3) is 4.60. The Bertz CT molecular complexity index is 1200. The van der Waals surface area contributed by atoms with Crippen molar-refractivity contribution in [3.63, 3.8) is 0 Å². The van der Waals surface area contributed by atoms with E-state index in [2.05, 4.69) is 10.1 Å². The number of carbonyl (C=O) groups is 1. The molecule has 4 aromatic rings. The van der Waals surface area contributed by atoms with Gasteiger partial charge in [0.05, 0.1) is 23.8 Å². The Morgan fingerprint density at radius 1 is 1.03 bits per heavy atom. The van der Waals surface area contributed by atoms with Gasteiger partial charge in [-0.05, 0) is 17.7 Å². The van der Waals surface area contributed by atoms with Gasteiger partial charge in [0.15, 0.2) is 0 Å². The summed E-state index contributed by atoms with van der Waals surface area (Å²) >= 11 is 0. The largest absolute Gasteiger partial charge is 0.449 e. The van der Waals surface area contributed by atoms with E-state index in [-0.39, 0.29) is 17.6 Å². The molecule has 0 radical (unpaired) electrons. The molecule has 4 rings (SSSR count). The molecule has 9 heteroatoms. The van der Waals surface area contributed by atoms with Crippen LogP contribution in [0.2, 0.25) is 0 Å². The predicted octanol–water partition coefficient (Wildman–Crippen LogP) is 3.96. The van der Waals surface area contributed by atoms with Crippen LogP contribution in [0.1, 0.15) is 17.0 Å². The summed E-state index contributed by atoms with van der Waals surface area (Å²) < 4.78 is 43.0. The number of fused-ring (bicyclic) bond motifs is 1. The minimum absolute atomic E-state index is 0.201. The monoisotopic (exact) mass is 427 g/mol. The highest BCUT2D eigenvalue weighted by Gasteiger charge is 2.38. The Labute approximate surface area is 176 Å². The van der Waals surface area contributed by atoms with Gasteiger partial charge in [0.2, 0.25) is 11.7 Å². The van der Waals surface area contributed by atoms with E-state index in [1.54, 1.807) is 30.1 Å². The molecule has 0 aliphatic carbocycles. The lowest BCUT2D eigenvalue weighted by molar-refractivity contribution is -0.148. The average molecular weight is 427 g/mol. The van der Waals surface area contributed by atoms with Crippen molar-refractivity contribution < 1.29 is 18.0 Å². The molecule has 0 spiro atoms. The van der Waals surface area contributed by atoms with Gasteiger partial charge in [0, 0.05) is 25.4 Å². The van der Waals surface area contributed by atoms with Gasteiger partial charge in [-0.2, -0.15) is 18.3 Å². The van der Waals surface area contributed by atoms with E-state index < -0.39 is 24.5 Å². The molecule has 160 valence electrons. The number of hydrogen-bond donors (Lipinski definition) is 0. The molecule has 0 unspecified atom stereocenters. The summed E-state index contributed by atoms with van der Waals surface area (Å²) in [4.78, 5) is 17.8. The van der Waals surface area contributed by atoms with Gasteiger partial charge >= 0.3 is 6.18 Å². The third-order valence-electron chi connectivity index (χ3n) is 4.92. The average Bonchev–Trinajstić information content (AvgIpc) is 3.33. The summed E-state index contributed by atoms with van der Waals surface area (Å²) in [5.74, 6) is -1.53. The number of imidazole rings is 1. The van der Waals surface area contributed by atoms with E-state index in [0.29, 0.717) is 6.54 Å². The predicted molar refractivity (Wildman–Crippen MR) is 109 cm³/mol. The molecule has 0 saturated heterocycles. The molecule has 31 heavy (non-hydrogen) atoms. The van der Waals surface area contributed by atoms with Gasteiger partial charge in [0.25, 0.3) is 0 Å². The van der Waals surface area contributed by atoms with Crippen LogP contribution in [0.5, 0.6) is 0 Å². The zero-order chi connectivity index (χ0) is 22.0. The van der Waals surface area contributed by atoms with Crippen LogP contribution >= 0.6 is 0 Å². The van der Waals surface area contributed by atoms with Gasteiger partial charge in [-0.25, -0.2) is 4.98 Å². The van der Waals surface area contributed by atoms with E-state index in [1.807, 2.05) is 36.5 Å². The standard InChI is InChI=1S/C22H20F3N5O/c1-28(12-17-11-26-29(14-17)13-16-7-3-2-4-8-16)20(31)15-30-19-10-6-5-9-18(19)27-21(30)22(23,24)25/h2-11,14H,12-13,15H2,1H3. The Morgan fingerprint density at radius 2 is 1.74 bits per heavy atom. The van der Waals surface area contributed by atoms with Gasteiger partial charge in [-0.15, -0.1) is 0 Å². The SMILES string of the molecule is CN(Cc1cnn(Cc2ccccc2)c1)C(=O)Cn1c(C(F)(F)F)nc2ccccc21. The maximum absolute atomic E-state index is 13.4. The van der Waals surface area contributed by atoms with E-state index in [0.717, 1.165) is 15.7 Å². The van der Waals surface area contributed by atoms with Crippen LogP contribution in [0.25, 0.3) is 11.0 Å². The molecule has 2 heterocycles. The number of nitrogens with zero attached hydrogens (tertiary/aromatic N) is 5. The minimum Gasteiger partial charge on any atom is -0.340 e. The highest BCUT2D eigenvalue weighted by Crippen LogP contribution is 2.31. The van der Waals surface area contributed by atoms with Crippen molar-refractivity contribution in [2.24, 2.45) is 0 Å². The number of carbonyl (C=O) groups excluding carboxylic acids is 1. The topological polar surface area (TPSA) is 56.0 Å². The van der Waals surface area contributed by atoms with Crippen molar-refractivity contribution in [2.45, 2.75) is 25.8 Å². The third-order valence-corrected chi connectivity index (χ3v) is 4.92. The first-order valence-electron chi connectivity index (χ1n) is 9.63. The fraction of sp³-hybridized carbons (Fsp3) is 0.227. The zero-order valence-electron chi connectivity index (χ0n) is 16.8. The zero-order valence-corrected chi connectivity index (χ0v) is 16.8. The van der Waals surface area contributed by atoms with Crippen LogP contribution in [0, 0.1) is 0 Å². The summed E-state index contributed by atoms with van der Waals surface area (Å²) in [5.41, 5.74) is 2.35. The number of hydrogen-bond acceptors (Lipinski definition) is 3. The summed E-state index contributed by atoms with van der Waals surface area (Å²) in [5, 5.41) is 4.30. The number of halogens is 3. The van der Waals surface area contributed by atoms with Crippen molar-refractivity contribution >= 4 is 16.9 Å². The second-order valence-corrected chi connectivity index (χ2v) is 7.29. The van der Waals surface area contributed by atoms with Crippen LogP contribution in [-0.2, 0) is 30.6 Å². The van der Waals surface area contributed by atoms with Crippen molar-refractivity contribution in [1.82, 2.24) is 24.2 Å². The number of rotatable bonds is 6. The maximum atomic E-state index is 13.4. The Kier molecular flexibility index (Phi) is 5.50. The number of benzene rings is 2. The van der Waals surface area contributed by atoms with Crippen molar-refractivity contribution in [3.05, 3.63) is 83.9 Å². The van der Waals surface area contributed by atoms with Crippen LogP contribution in [0.4, 0.5) is 13.2 Å². The number of aromatic nitrogens is 4. The van der Waals surface area contributed by atoms with Gasteiger partial charge < -0.3 is 9.47 Å². The summed E-state index contributed by atoms with van der Waals surface area (Å²) in [6.45, 7) is 0.375. The Balaban J connectivity index is 1.47. The smallest absolute Gasteiger partial charge is 0.340 e. The molecule has 0 aliphatic rings. The lowest BCUT2D eigenvalue weighted by atomic mass is 10.2. The van der Waals surface area contributed by atoms with Crippen molar-refractivity contribution in [2.75, 3.05) is 7.05 Å². The van der Waals surface area contributed by atoms with Crippen LogP contribution in [-0.4, -0.2) is 37.2 Å².